The Morgan fingerprint density at radius 3 is 2.58 bits per heavy atom. The summed E-state index contributed by atoms with van der Waals surface area (Å²) in [7, 11) is 1.61. The highest BCUT2D eigenvalue weighted by atomic mass is 79.9. The summed E-state index contributed by atoms with van der Waals surface area (Å²) in [6.07, 6.45) is 3.49. The number of benzene rings is 2. The van der Waals surface area contributed by atoms with E-state index in [9.17, 15) is 4.79 Å². The topological polar surface area (TPSA) is 65.7 Å². The van der Waals surface area contributed by atoms with Gasteiger partial charge in [0.1, 0.15) is 5.82 Å². The molecule has 0 amide bonds. The zero-order valence-corrected chi connectivity index (χ0v) is 20.1. The molecule has 164 valence electrons. The maximum Gasteiger partial charge on any atom is 0.282 e. The first-order valence-electron chi connectivity index (χ1n) is 10.5. The summed E-state index contributed by atoms with van der Waals surface area (Å²) in [6, 6.07) is 11.1. The molecular weight excluding hydrogens is 458 g/mol. The highest BCUT2D eigenvalue weighted by molar-refractivity contribution is 9.10. The van der Waals surface area contributed by atoms with Gasteiger partial charge in [-0.05, 0) is 61.7 Å². The Morgan fingerprint density at radius 1 is 1.13 bits per heavy atom. The first kappa shape index (κ1) is 23.0. The molecule has 0 radical (unpaired) electrons. The second-order valence-corrected chi connectivity index (χ2v) is 8.46. The molecule has 0 saturated carbocycles. The summed E-state index contributed by atoms with van der Waals surface area (Å²) in [6.45, 7) is 8.20. The van der Waals surface area contributed by atoms with Crippen molar-refractivity contribution in [2.75, 3.05) is 7.11 Å². The van der Waals surface area contributed by atoms with E-state index in [0.29, 0.717) is 28.2 Å². The largest absolute Gasteiger partial charge is 0.493 e. The molecule has 3 rings (SSSR count). The van der Waals surface area contributed by atoms with Gasteiger partial charge in [0.15, 0.2) is 11.5 Å². The number of hydrogen-bond acceptors (Lipinski definition) is 5. The van der Waals surface area contributed by atoms with Crippen LogP contribution in [0.15, 0.2) is 50.8 Å². The van der Waals surface area contributed by atoms with Crippen LogP contribution in [0.5, 0.6) is 11.5 Å². The van der Waals surface area contributed by atoms with Crippen molar-refractivity contribution in [1.29, 1.82) is 0 Å². The fourth-order valence-electron chi connectivity index (χ4n) is 3.07. The number of halogens is 1. The van der Waals surface area contributed by atoms with E-state index in [1.165, 1.54) is 4.68 Å². The minimum atomic E-state index is -0.193. The summed E-state index contributed by atoms with van der Waals surface area (Å²) >= 11 is 3.43. The molecule has 0 spiro atoms. The Kier molecular flexibility index (Phi) is 7.49. The van der Waals surface area contributed by atoms with Gasteiger partial charge in [0.2, 0.25) is 0 Å². The quantitative estimate of drug-likeness (QED) is 0.381. The molecule has 6 nitrogen and oxygen atoms in total. The van der Waals surface area contributed by atoms with Crippen LogP contribution in [0, 0.1) is 0 Å². The normalized spacial score (nSPS) is 13.5. The fraction of sp³-hybridized carbons (Fsp3) is 0.375. The van der Waals surface area contributed by atoms with Gasteiger partial charge < -0.3 is 9.47 Å². The van der Waals surface area contributed by atoms with E-state index in [1.807, 2.05) is 44.2 Å². The second kappa shape index (κ2) is 10.1. The summed E-state index contributed by atoms with van der Waals surface area (Å²) in [5, 5.41) is 5.03. The van der Waals surface area contributed by atoms with E-state index in [-0.39, 0.29) is 17.6 Å². The van der Waals surface area contributed by atoms with Gasteiger partial charge in [-0.2, -0.15) is 9.78 Å². The Morgan fingerprint density at radius 2 is 1.90 bits per heavy atom. The Balaban J connectivity index is 2.06. The number of hydrogen-bond donors (Lipinski definition) is 0. The van der Waals surface area contributed by atoms with E-state index >= 15 is 0 Å². The first-order valence-corrected chi connectivity index (χ1v) is 11.3. The van der Waals surface area contributed by atoms with Gasteiger partial charge in [0.05, 0.1) is 30.3 Å². The molecule has 0 unspecified atom stereocenters. The van der Waals surface area contributed by atoms with Crippen LogP contribution < -0.4 is 15.0 Å². The van der Waals surface area contributed by atoms with Crippen molar-refractivity contribution in [2.45, 2.75) is 52.6 Å². The van der Waals surface area contributed by atoms with Crippen LogP contribution in [0.4, 0.5) is 0 Å². The van der Waals surface area contributed by atoms with E-state index in [2.05, 4.69) is 34.9 Å². The molecule has 0 N–H and O–H groups in total. The van der Waals surface area contributed by atoms with Crippen molar-refractivity contribution < 1.29 is 9.47 Å². The number of rotatable bonds is 8. The molecule has 0 saturated heterocycles. The highest BCUT2D eigenvalue weighted by Crippen LogP contribution is 2.29. The lowest BCUT2D eigenvalue weighted by molar-refractivity contribution is 0.207. The molecule has 3 aromatic rings. The van der Waals surface area contributed by atoms with Crippen LogP contribution in [-0.4, -0.2) is 29.1 Å². The van der Waals surface area contributed by atoms with Crippen molar-refractivity contribution in [3.63, 3.8) is 0 Å². The second-order valence-electron chi connectivity index (χ2n) is 7.55. The molecule has 0 fully saturated rings. The summed E-state index contributed by atoms with van der Waals surface area (Å²) in [5.74, 6) is 2.03. The zero-order valence-electron chi connectivity index (χ0n) is 18.6. The Bertz CT molecular complexity index is 1160. The van der Waals surface area contributed by atoms with Gasteiger partial charge in [0.25, 0.3) is 5.56 Å². The Hall–Kier alpha value is -2.67. The number of methoxy groups -OCH3 is 1. The lowest BCUT2D eigenvalue weighted by atomic mass is 10.1. The average Bonchev–Trinajstić information content (AvgIpc) is 2.78. The molecule has 7 heteroatoms. The fourth-order valence-corrected chi connectivity index (χ4v) is 3.43. The van der Waals surface area contributed by atoms with Crippen LogP contribution in [0.1, 0.15) is 57.8 Å². The molecule has 2 aromatic carbocycles. The molecule has 1 heterocycles. The van der Waals surface area contributed by atoms with E-state index in [1.54, 1.807) is 19.4 Å². The first-order chi connectivity index (χ1) is 14.9. The van der Waals surface area contributed by atoms with Crippen LogP contribution in [0.25, 0.3) is 10.9 Å². The summed E-state index contributed by atoms with van der Waals surface area (Å²) in [4.78, 5) is 18.0. The van der Waals surface area contributed by atoms with Gasteiger partial charge in [-0.15, -0.1) is 0 Å². The van der Waals surface area contributed by atoms with Gasteiger partial charge in [-0.1, -0.05) is 36.7 Å². The van der Waals surface area contributed by atoms with Crippen LogP contribution in [0.2, 0.25) is 0 Å². The highest BCUT2D eigenvalue weighted by Gasteiger charge is 2.16. The molecule has 1 aromatic heterocycles. The monoisotopic (exact) mass is 485 g/mol. The van der Waals surface area contributed by atoms with Crippen LogP contribution >= 0.6 is 15.9 Å². The third kappa shape index (κ3) is 5.15. The molecule has 0 aliphatic heterocycles. The lowest BCUT2D eigenvalue weighted by Crippen LogP contribution is -2.23. The molecule has 0 aliphatic carbocycles. The smallest absolute Gasteiger partial charge is 0.282 e. The third-order valence-corrected chi connectivity index (χ3v) is 5.79. The van der Waals surface area contributed by atoms with Crippen molar-refractivity contribution in [3.8, 4) is 11.5 Å². The third-order valence-electron chi connectivity index (χ3n) is 5.30. The van der Waals surface area contributed by atoms with Gasteiger partial charge in [-0.3, -0.25) is 4.79 Å². The maximum absolute atomic E-state index is 13.2. The standard InChI is InChI=1S/C24H28BrN3O3/c1-6-15(3)23-27-20-10-9-18(25)13-19(20)24(29)28(23)26-14-17-8-11-21(22(12-17)30-5)31-16(4)7-2/h8-16H,6-7H2,1-5H3/t15-,16+/m1/s1. The number of fused-ring (bicyclic) bond motifs is 1. The van der Waals surface area contributed by atoms with Crippen molar-refractivity contribution in [2.24, 2.45) is 5.10 Å². The van der Waals surface area contributed by atoms with E-state index in [0.717, 1.165) is 22.9 Å². The zero-order chi connectivity index (χ0) is 22.5. The van der Waals surface area contributed by atoms with Gasteiger partial charge in [-0.25, -0.2) is 4.98 Å². The molecule has 0 aliphatic rings. The minimum absolute atomic E-state index is 0.0822. The lowest BCUT2D eigenvalue weighted by Gasteiger charge is -2.16. The molecule has 0 bridgehead atoms. The predicted molar refractivity (Wildman–Crippen MR) is 129 cm³/mol. The summed E-state index contributed by atoms with van der Waals surface area (Å²) < 4.78 is 13.6. The van der Waals surface area contributed by atoms with Crippen LogP contribution in [-0.2, 0) is 0 Å². The Labute approximate surface area is 191 Å². The van der Waals surface area contributed by atoms with Crippen molar-refractivity contribution in [1.82, 2.24) is 9.66 Å². The number of aromatic nitrogens is 2. The number of ether oxygens (including phenoxy) is 2. The SMILES string of the molecule is CC[C@@H](C)c1nc2ccc(Br)cc2c(=O)n1N=Cc1ccc(O[C@@H](C)CC)c(OC)c1. The van der Waals surface area contributed by atoms with Crippen molar-refractivity contribution in [3.05, 3.63) is 62.6 Å². The van der Waals surface area contributed by atoms with E-state index < -0.39 is 0 Å². The van der Waals surface area contributed by atoms with Gasteiger partial charge in [0, 0.05) is 10.4 Å². The number of nitrogens with zero attached hydrogens (tertiary/aromatic N) is 3. The molecule has 31 heavy (non-hydrogen) atoms. The van der Waals surface area contributed by atoms with Gasteiger partial charge >= 0.3 is 0 Å². The summed E-state index contributed by atoms with van der Waals surface area (Å²) in [5.41, 5.74) is 1.27. The molecular formula is C24H28BrN3O3. The predicted octanol–water partition coefficient (Wildman–Crippen LogP) is 5.74. The maximum atomic E-state index is 13.2. The van der Waals surface area contributed by atoms with Crippen LogP contribution in [0.3, 0.4) is 0 Å². The van der Waals surface area contributed by atoms with Crippen molar-refractivity contribution >= 4 is 33.0 Å². The minimum Gasteiger partial charge on any atom is -0.493 e. The molecule has 2 atom stereocenters. The average molecular weight is 486 g/mol. The van der Waals surface area contributed by atoms with E-state index in [4.69, 9.17) is 14.5 Å².